The number of carbonyl (C=O) groups is 2. The number of nitrogens with one attached hydrogen (secondary N) is 1. The van der Waals surface area contributed by atoms with Gasteiger partial charge in [0.1, 0.15) is 46.5 Å². The number of imidazole rings is 1. The smallest absolute Gasteiger partial charge is 0.409 e. The van der Waals surface area contributed by atoms with Crippen molar-refractivity contribution in [3.05, 3.63) is 65.0 Å². The zero-order chi connectivity index (χ0) is 35.4. The second-order valence-corrected chi connectivity index (χ2v) is 14.4. The van der Waals surface area contributed by atoms with E-state index in [-0.39, 0.29) is 46.3 Å². The third-order valence-electron chi connectivity index (χ3n) is 8.32. The maximum Gasteiger partial charge on any atom is 0.409 e. The van der Waals surface area contributed by atoms with Gasteiger partial charge in [0.15, 0.2) is 0 Å². The molecule has 2 aliphatic rings. The molecule has 2 atom stereocenters. The van der Waals surface area contributed by atoms with Gasteiger partial charge in [-0.3, -0.25) is 4.79 Å². The van der Waals surface area contributed by atoms with Crippen molar-refractivity contribution in [3.8, 4) is 16.9 Å². The Balaban J connectivity index is 1.51. The van der Waals surface area contributed by atoms with Crippen LogP contribution in [0.3, 0.4) is 0 Å². The van der Waals surface area contributed by atoms with Crippen molar-refractivity contribution in [2.24, 2.45) is 0 Å². The highest BCUT2D eigenvalue weighted by Crippen LogP contribution is 2.50. The molecule has 4 aromatic rings. The predicted molar refractivity (Wildman–Crippen MR) is 186 cm³/mol. The number of hydrogen-bond acceptors (Lipinski definition) is 8. The van der Waals surface area contributed by atoms with E-state index >= 15 is 4.39 Å². The van der Waals surface area contributed by atoms with Crippen LogP contribution in [0.15, 0.2) is 42.7 Å². The quantitative estimate of drug-likeness (QED) is 0.294. The summed E-state index contributed by atoms with van der Waals surface area (Å²) in [5.41, 5.74) is 0.755. The topological polar surface area (TPSA) is 115 Å². The molecule has 2 aliphatic heterocycles. The summed E-state index contributed by atoms with van der Waals surface area (Å²) in [7, 11) is 5.57. The summed E-state index contributed by atoms with van der Waals surface area (Å²) in [6.07, 6.45) is 2.55. The normalized spacial score (nSPS) is 18.0. The fraction of sp³-hybridized carbons (Fsp3) is 0.387. The molecule has 2 aromatic heterocycles. The van der Waals surface area contributed by atoms with Gasteiger partial charge >= 0.3 is 12.7 Å². The second-order valence-electron chi connectivity index (χ2n) is 14.0. The number of benzene rings is 2. The summed E-state index contributed by atoms with van der Waals surface area (Å²) in [5.74, 6) is -0.128. The largest absolute Gasteiger partial charge is 0.444 e. The van der Waals surface area contributed by atoms with Crippen molar-refractivity contribution in [2.45, 2.75) is 56.7 Å². The number of fused-ring (bicyclic) bond motifs is 3. The number of ether oxygens (including phenoxy) is 2. The standard InChI is InChI=1S/C31H34B3ClF3N7O4/c1-30(2,3)49-29(47)45(31(32,33)34)22-11-21(25-17(35)5-4-6-23(25)48-27(37)38)44-20-9-16(18(36)10-19(20)42-26(22)44)15-12-40-28(41-13-15)43-8-7-39-24(46)14-43/h4-6,9-10,12-13,21-22,27H,7-8,11,14,32-34H2,1-3H3,(H,39,46)/t21?,22-/m1/s1. The lowest BCUT2D eigenvalue weighted by Gasteiger charge is -2.41. The summed E-state index contributed by atoms with van der Waals surface area (Å²) < 4.78 is 55.7. The zero-order valence-electron chi connectivity index (χ0n) is 27.9. The molecule has 2 amide bonds. The molecule has 4 heterocycles. The zero-order valence-corrected chi connectivity index (χ0v) is 28.7. The number of amides is 2. The van der Waals surface area contributed by atoms with Gasteiger partial charge in [-0.2, -0.15) is 8.78 Å². The van der Waals surface area contributed by atoms with Crippen LogP contribution in [-0.2, 0) is 9.53 Å². The van der Waals surface area contributed by atoms with Crippen molar-refractivity contribution in [1.82, 2.24) is 29.7 Å². The number of halogens is 4. The summed E-state index contributed by atoms with van der Waals surface area (Å²) in [4.78, 5) is 42.6. The molecule has 18 heteroatoms. The summed E-state index contributed by atoms with van der Waals surface area (Å²) >= 11 is 6.72. The van der Waals surface area contributed by atoms with Gasteiger partial charge in [0.2, 0.25) is 11.9 Å². The van der Waals surface area contributed by atoms with E-state index in [2.05, 4.69) is 15.3 Å². The second kappa shape index (κ2) is 12.8. The molecule has 0 bridgehead atoms. The highest BCUT2D eigenvalue weighted by molar-refractivity contribution is 6.59. The Morgan fingerprint density at radius 2 is 1.88 bits per heavy atom. The molecule has 6 rings (SSSR count). The number of nitrogens with zero attached hydrogens (tertiary/aromatic N) is 6. The van der Waals surface area contributed by atoms with Crippen molar-refractivity contribution in [1.29, 1.82) is 0 Å². The fourth-order valence-corrected chi connectivity index (χ4v) is 6.75. The highest BCUT2D eigenvalue weighted by atomic mass is 35.5. The van der Waals surface area contributed by atoms with E-state index in [1.54, 1.807) is 47.3 Å². The van der Waals surface area contributed by atoms with Gasteiger partial charge in [-0.05, 0) is 44.2 Å². The van der Waals surface area contributed by atoms with E-state index in [9.17, 15) is 18.4 Å². The Hall–Kier alpha value is -4.40. The molecule has 1 unspecified atom stereocenters. The van der Waals surface area contributed by atoms with Crippen LogP contribution in [0.2, 0.25) is 5.02 Å². The molecule has 11 nitrogen and oxygen atoms in total. The SMILES string of the molecule is BC(B)(B)N(C(=O)OC(C)(C)C)[C@@H]1CC(c2c(Cl)cccc2OC(F)F)n2c1nc1cc(F)c(-c3cnc(N4CCNC(=O)C4)nc3)cc12. The first-order chi connectivity index (χ1) is 23.0. The van der Waals surface area contributed by atoms with Gasteiger partial charge in [0, 0.05) is 59.7 Å². The third-order valence-corrected chi connectivity index (χ3v) is 8.65. The first-order valence-corrected chi connectivity index (χ1v) is 16.2. The molecule has 2 aromatic carbocycles. The molecule has 0 aliphatic carbocycles. The highest BCUT2D eigenvalue weighted by Gasteiger charge is 2.46. The first-order valence-electron chi connectivity index (χ1n) is 15.8. The molecule has 49 heavy (non-hydrogen) atoms. The molecule has 0 radical (unpaired) electrons. The van der Waals surface area contributed by atoms with Crippen molar-refractivity contribution >= 4 is 64.1 Å². The minimum atomic E-state index is -3.12. The molecular weight excluding hydrogens is 659 g/mol. The average Bonchev–Trinajstić information content (AvgIpc) is 3.52. The van der Waals surface area contributed by atoms with E-state index in [4.69, 9.17) is 26.1 Å². The van der Waals surface area contributed by atoms with E-state index in [1.807, 2.05) is 23.5 Å². The van der Waals surface area contributed by atoms with E-state index in [0.29, 0.717) is 35.9 Å². The maximum atomic E-state index is 15.8. The Labute approximate surface area is 288 Å². The van der Waals surface area contributed by atoms with E-state index in [0.717, 1.165) is 0 Å². The average molecular weight is 694 g/mol. The number of carbonyl (C=O) groups excluding carboxylic acids is 2. The van der Waals surface area contributed by atoms with Gasteiger partial charge in [0.25, 0.3) is 0 Å². The van der Waals surface area contributed by atoms with Crippen LogP contribution in [0.25, 0.3) is 22.2 Å². The maximum absolute atomic E-state index is 15.8. The predicted octanol–water partition coefficient (Wildman–Crippen LogP) is 2.61. The lowest BCUT2D eigenvalue weighted by molar-refractivity contribution is -0.120. The lowest BCUT2D eigenvalue weighted by atomic mass is 9.48. The van der Waals surface area contributed by atoms with Gasteiger partial charge in [0.05, 0.1) is 29.7 Å². The van der Waals surface area contributed by atoms with Crippen LogP contribution in [0.5, 0.6) is 5.75 Å². The van der Waals surface area contributed by atoms with Crippen LogP contribution in [0.4, 0.5) is 23.9 Å². The van der Waals surface area contributed by atoms with Gasteiger partial charge in [-0.1, -0.05) is 17.7 Å². The van der Waals surface area contributed by atoms with E-state index < -0.39 is 41.4 Å². The van der Waals surface area contributed by atoms with Crippen LogP contribution in [0, 0.1) is 5.82 Å². The van der Waals surface area contributed by atoms with Crippen LogP contribution < -0.4 is 15.0 Å². The fourth-order valence-electron chi connectivity index (χ4n) is 6.46. The summed E-state index contributed by atoms with van der Waals surface area (Å²) in [6, 6.07) is 5.91. The number of hydrogen-bond donors (Lipinski definition) is 1. The number of piperazine rings is 1. The number of anilines is 1. The Kier molecular flexibility index (Phi) is 9.01. The van der Waals surface area contributed by atoms with Gasteiger partial charge < -0.3 is 29.2 Å². The molecule has 0 saturated carbocycles. The summed E-state index contributed by atoms with van der Waals surface area (Å²) in [6.45, 7) is 3.27. The van der Waals surface area contributed by atoms with Gasteiger partial charge in [-0.15, -0.1) is 0 Å². The monoisotopic (exact) mass is 693 g/mol. The Morgan fingerprint density at radius 3 is 2.51 bits per heavy atom. The minimum absolute atomic E-state index is 0.109. The first kappa shape index (κ1) is 34.5. The molecule has 0 spiro atoms. The number of alkyl halides is 2. The molecule has 1 saturated heterocycles. The molecule has 254 valence electrons. The van der Waals surface area contributed by atoms with Crippen molar-refractivity contribution in [3.63, 3.8) is 0 Å². The summed E-state index contributed by atoms with van der Waals surface area (Å²) in [5, 5.41) is 2.15. The molecule has 1 fully saturated rings. The van der Waals surface area contributed by atoms with Crippen molar-refractivity contribution in [2.75, 3.05) is 24.5 Å². The lowest BCUT2D eigenvalue weighted by Crippen LogP contribution is -2.56. The molecule has 1 N–H and O–H groups in total. The number of rotatable bonds is 7. The van der Waals surface area contributed by atoms with Crippen LogP contribution in [0.1, 0.15) is 50.7 Å². The van der Waals surface area contributed by atoms with Crippen LogP contribution in [-0.4, -0.2) is 97.0 Å². The third kappa shape index (κ3) is 6.90. The van der Waals surface area contributed by atoms with Crippen molar-refractivity contribution < 1.29 is 32.2 Å². The Morgan fingerprint density at radius 1 is 1.16 bits per heavy atom. The Bertz CT molecular complexity index is 1920. The van der Waals surface area contributed by atoms with Crippen LogP contribution >= 0.6 is 11.6 Å². The van der Waals surface area contributed by atoms with E-state index in [1.165, 1.54) is 30.6 Å². The minimum Gasteiger partial charge on any atom is -0.444 e. The number of aromatic nitrogens is 4. The molecular formula is C31H34B3ClF3N7O4. The van der Waals surface area contributed by atoms with Gasteiger partial charge in [-0.25, -0.2) is 24.1 Å².